The zero-order valence-electron chi connectivity index (χ0n) is 18.3. The van der Waals surface area contributed by atoms with Gasteiger partial charge in [0.25, 0.3) is 5.91 Å². The predicted molar refractivity (Wildman–Crippen MR) is 130 cm³/mol. The van der Waals surface area contributed by atoms with Crippen LogP contribution in [0.1, 0.15) is 34.8 Å². The molecule has 0 fully saturated rings. The summed E-state index contributed by atoms with van der Waals surface area (Å²) in [5.41, 5.74) is 3.38. The van der Waals surface area contributed by atoms with Gasteiger partial charge >= 0.3 is 6.09 Å². The van der Waals surface area contributed by atoms with Crippen LogP contribution < -0.4 is 5.32 Å². The van der Waals surface area contributed by atoms with Crippen LogP contribution in [0.5, 0.6) is 0 Å². The van der Waals surface area contributed by atoms with Gasteiger partial charge < -0.3 is 15.0 Å². The van der Waals surface area contributed by atoms with Crippen molar-refractivity contribution in [1.82, 2.24) is 19.7 Å². The standard InChI is InChI=1S/C23H23N5O3S2/c1-3-28-12-10-16(26-28)20(29)25-22-19(21-24-15-7-5-6-8-17(15)32-21)14-9-11-27(13-18(14)33-22)23(30)31-4-2/h5-8,10,12H,3-4,9,11,13H2,1-2H3,(H,25,29). The fraction of sp³-hybridized carbons (Fsp3) is 0.304. The van der Waals surface area contributed by atoms with E-state index in [2.05, 4.69) is 10.4 Å². The van der Waals surface area contributed by atoms with Crippen molar-refractivity contribution in [2.24, 2.45) is 0 Å². The number of hydrogen-bond acceptors (Lipinski definition) is 7. The van der Waals surface area contributed by atoms with Gasteiger partial charge in [-0.3, -0.25) is 9.48 Å². The van der Waals surface area contributed by atoms with Crippen LogP contribution in [0.25, 0.3) is 20.8 Å². The van der Waals surface area contributed by atoms with E-state index in [1.54, 1.807) is 40.1 Å². The molecule has 0 saturated carbocycles. The number of fused-ring (bicyclic) bond motifs is 2. The van der Waals surface area contributed by atoms with Crippen LogP contribution in [0.4, 0.5) is 9.80 Å². The Morgan fingerprint density at radius 1 is 1.18 bits per heavy atom. The van der Waals surface area contributed by atoms with E-state index in [1.165, 1.54) is 11.3 Å². The largest absolute Gasteiger partial charge is 0.450 e. The smallest absolute Gasteiger partial charge is 0.410 e. The van der Waals surface area contributed by atoms with E-state index in [1.807, 2.05) is 31.2 Å². The summed E-state index contributed by atoms with van der Waals surface area (Å²) >= 11 is 3.10. The van der Waals surface area contributed by atoms with E-state index in [9.17, 15) is 9.59 Å². The maximum Gasteiger partial charge on any atom is 0.410 e. The maximum atomic E-state index is 13.0. The number of benzene rings is 1. The lowest BCUT2D eigenvalue weighted by Gasteiger charge is -2.26. The van der Waals surface area contributed by atoms with Gasteiger partial charge in [0, 0.05) is 29.7 Å². The quantitative estimate of drug-likeness (QED) is 0.433. The Hall–Kier alpha value is -3.24. The lowest BCUT2D eigenvalue weighted by Crippen LogP contribution is -2.35. The molecule has 0 radical (unpaired) electrons. The molecule has 0 unspecified atom stereocenters. The monoisotopic (exact) mass is 481 g/mol. The van der Waals surface area contributed by atoms with Gasteiger partial charge in [0.05, 0.1) is 23.4 Å². The molecule has 170 valence electrons. The Balaban J connectivity index is 1.54. The van der Waals surface area contributed by atoms with Gasteiger partial charge in [-0.05, 0) is 44.0 Å². The number of nitrogens with one attached hydrogen (secondary N) is 1. The van der Waals surface area contributed by atoms with Crippen LogP contribution in [0.3, 0.4) is 0 Å². The van der Waals surface area contributed by atoms with Crippen molar-refractivity contribution in [1.29, 1.82) is 0 Å². The molecular weight excluding hydrogens is 458 g/mol. The molecule has 0 atom stereocenters. The molecule has 5 rings (SSSR count). The van der Waals surface area contributed by atoms with Crippen molar-refractivity contribution in [3.63, 3.8) is 0 Å². The summed E-state index contributed by atoms with van der Waals surface area (Å²) < 4.78 is 8.01. The molecule has 0 saturated heterocycles. The van der Waals surface area contributed by atoms with Gasteiger partial charge in [-0.2, -0.15) is 5.10 Å². The molecule has 4 aromatic rings. The number of aromatic nitrogens is 3. The summed E-state index contributed by atoms with van der Waals surface area (Å²) in [6.07, 6.45) is 2.16. The molecule has 4 heterocycles. The van der Waals surface area contributed by atoms with Crippen molar-refractivity contribution in [3.05, 3.63) is 52.7 Å². The third-order valence-corrected chi connectivity index (χ3v) is 7.70. The fourth-order valence-electron chi connectivity index (χ4n) is 3.89. The molecule has 0 bridgehead atoms. The number of para-hydroxylation sites is 1. The molecule has 1 aromatic carbocycles. The van der Waals surface area contributed by atoms with Crippen molar-refractivity contribution in [2.75, 3.05) is 18.5 Å². The first kappa shape index (κ1) is 21.6. The number of carbonyl (C=O) groups excluding carboxylic acids is 2. The Labute approximate surface area is 198 Å². The van der Waals surface area contributed by atoms with Gasteiger partial charge in [0.2, 0.25) is 0 Å². The summed E-state index contributed by atoms with van der Waals surface area (Å²) in [6.45, 7) is 5.84. The topological polar surface area (TPSA) is 89.4 Å². The van der Waals surface area contributed by atoms with Crippen LogP contribution in [-0.2, 0) is 24.2 Å². The van der Waals surface area contributed by atoms with E-state index >= 15 is 0 Å². The van der Waals surface area contributed by atoms with Gasteiger partial charge in [-0.1, -0.05) is 12.1 Å². The van der Waals surface area contributed by atoms with Crippen LogP contribution in [-0.4, -0.2) is 44.8 Å². The summed E-state index contributed by atoms with van der Waals surface area (Å²) in [6, 6.07) is 9.72. The Morgan fingerprint density at radius 3 is 2.79 bits per heavy atom. The molecule has 2 amide bonds. The first-order valence-corrected chi connectivity index (χ1v) is 12.5. The number of thiazole rings is 1. The lowest BCUT2D eigenvalue weighted by atomic mass is 10.0. The number of rotatable bonds is 5. The number of anilines is 1. The van der Waals surface area contributed by atoms with Gasteiger partial charge in [-0.15, -0.1) is 22.7 Å². The van der Waals surface area contributed by atoms with Crippen LogP contribution in [0, 0.1) is 0 Å². The number of thiophene rings is 1. The zero-order chi connectivity index (χ0) is 22.9. The number of hydrogen-bond donors (Lipinski definition) is 1. The Bertz CT molecular complexity index is 1310. The minimum Gasteiger partial charge on any atom is -0.450 e. The van der Waals surface area contributed by atoms with E-state index in [0.717, 1.165) is 36.2 Å². The summed E-state index contributed by atoms with van der Waals surface area (Å²) in [5, 5.41) is 9.00. The third kappa shape index (κ3) is 4.11. The molecule has 1 N–H and O–H groups in total. The minimum absolute atomic E-state index is 0.259. The minimum atomic E-state index is -0.311. The number of amides is 2. The summed E-state index contributed by atoms with van der Waals surface area (Å²) in [5.74, 6) is -0.259. The van der Waals surface area contributed by atoms with E-state index in [-0.39, 0.29) is 12.0 Å². The lowest BCUT2D eigenvalue weighted by molar-refractivity contribution is 0.101. The average Bonchev–Trinajstić information content (AvgIpc) is 3.54. The maximum absolute atomic E-state index is 13.0. The normalized spacial score (nSPS) is 13.2. The highest BCUT2D eigenvalue weighted by Gasteiger charge is 2.30. The van der Waals surface area contributed by atoms with E-state index < -0.39 is 0 Å². The van der Waals surface area contributed by atoms with Crippen molar-refractivity contribution >= 4 is 49.9 Å². The van der Waals surface area contributed by atoms with Gasteiger partial charge in [-0.25, -0.2) is 9.78 Å². The number of aryl methyl sites for hydroxylation is 1. The third-order valence-electron chi connectivity index (χ3n) is 5.51. The fourth-order valence-corrected chi connectivity index (χ4v) is 6.26. The molecule has 10 heteroatoms. The molecule has 8 nitrogen and oxygen atoms in total. The first-order chi connectivity index (χ1) is 16.1. The van der Waals surface area contributed by atoms with Crippen LogP contribution in [0.15, 0.2) is 36.5 Å². The zero-order valence-corrected chi connectivity index (χ0v) is 20.0. The summed E-state index contributed by atoms with van der Waals surface area (Å²) in [7, 11) is 0. The highest BCUT2D eigenvalue weighted by molar-refractivity contribution is 7.23. The number of carbonyl (C=O) groups is 2. The van der Waals surface area contributed by atoms with Crippen molar-refractivity contribution < 1.29 is 14.3 Å². The van der Waals surface area contributed by atoms with Crippen LogP contribution >= 0.6 is 22.7 Å². The average molecular weight is 482 g/mol. The molecule has 1 aliphatic heterocycles. The SMILES string of the molecule is CCOC(=O)N1CCc2c(sc(NC(=O)c3ccn(CC)n3)c2-c2nc3ccccc3s2)C1. The van der Waals surface area contributed by atoms with Crippen molar-refractivity contribution in [2.45, 2.75) is 33.4 Å². The predicted octanol–water partition coefficient (Wildman–Crippen LogP) is 5.01. The number of ether oxygens (including phenoxy) is 1. The highest BCUT2D eigenvalue weighted by Crippen LogP contribution is 2.45. The Kier molecular flexibility index (Phi) is 5.86. The van der Waals surface area contributed by atoms with Gasteiger partial charge in [0.1, 0.15) is 10.0 Å². The molecule has 1 aliphatic rings. The van der Waals surface area contributed by atoms with Crippen molar-refractivity contribution in [3.8, 4) is 10.6 Å². The highest BCUT2D eigenvalue weighted by atomic mass is 32.1. The number of nitrogens with zero attached hydrogens (tertiary/aromatic N) is 4. The summed E-state index contributed by atoms with van der Waals surface area (Å²) in [4.78, 5) is 32.9. The molecule has 0 aliphatic carbocycles. The van der Waals surface area contributed by atoms with E-state index in [4.69, 9.17) is 9.72 Å². The first-order valence-electron chi connectivity index (χ1n) is 10.8. The molecule has 0 spiro atoms. The van der Waals surface area contributed by atoms with Crippen LogP contribution in [0.2, 0.25) is 0 Å². The molecular formula is C23H23N5O3S2. The molecule has 3 aromatic heterocycles. The second-order valence-electron chi connectivity index (χ2n) is 7.58. The molecule has 33 heavy (non-hydrogen) atoms. The second-order valence-corrected chi connectivity index (χ2v) is 9.71. The van der Waals surface area contributed by atoms with E-state index in [0.29, 0.717) is 38.4 Å². The Morgan fingerprint density at radius 2 is 2.03 bits per heavy atom. The second kappa shape index (κ2) is 8.95. The van der Waals surface area contributed by atoms with Gasteiger partial charge in [0.15, 0.2) is 5.69 Å².